The molecule has 1 aromatic heterocycles. The summed E-state index contributed by atoms with van der Waals surface area (Å²) in [7, 11) is 3.90. The van der Waals surface area contributed by atoms with Gasteiger partial charge in [0.25, 0.3) is 0 Å². The Morgan fingerprint density at radius 3 is 2.81 bits per heavy atom. The van der Waals surface area contributed by atoms with Crippen LogP contribution in [0.3, 0.4) is 0 Å². The molecular formula is C27H28ClFN4O3. The van der Waals surface area contributed by atoms with Crippen molar-refractivity contribution in [1.29, 1.82) is 0 Å². The van der Waals surface area contributed by atoms with Crippen molar-refractivity contribution in [2.75, 3.05) is 45.8 Å². The third-order valence-electron chi connectivity index (χ3n) is 6.70. The molecule has 2 aliphatic rings. The Labute approximate surface area is 214 Å². The number of nitrogens with one attached hydrogen (secondary N) is 1. The largest absolute Gasteiger partial charge is 0.493 e. The number of benzene rings is 2. The molecule has 3 aromatic rings. The molecule has 1 saturated heterocycles. The van der Waals surface area contributed by atoms with E-state index >= 15 is 0 Å². The lowest BCUT2D eigenvalue weighted by Gasteiger charge is -2.15. The summed E-state index contributed by atoms with van der Waals surface area (Å²) >= 11 is 5.94. The number of likely N-dealkylation sites (N-methyl/N-ethyl adjacent to an activating group) is 1. The second-order valence-electron chi connectivity index (χ2n) is 9.60. The lowest BCUT2D eigenvalue weighted by molar-refractivity contribution is -0.114. The molecule has 36 heavy (non-hydrogen) atoms. The molecule has 1 N–H and O–H groups in total. The molecule has 0 amide bonds. The van der Waals surface area contributed by atoms with Gasteiger partial charge in [-0.1, -0.05) is 17.7 Å². The number of halogens is 2. The van der Waals surface area contributed by atoms with E-state index in [1.54, 1.807) is 12.1 Å². The third-order valence-corrected chi connectivity index (χ3v) is 6.99. The fraction of sp³-hybridized carbons (Fsp3) is 0.370. The number of ether oxygens (including phenoxy) is 2. The molecule has 9 heteroatoms. The summed E-state index contributed by atoms with van der Waals surface area (Å²) in [4.78, 5) is 23.6. The van der Waals surface area contributed by atoms with Crippen molar-refractivity contribution in [3.8, 4) is 5.75 Å². The fourth-order valence-electron chi connectivity index (χ4n) is 4.65. The highest BCUT2D eigenvalue weighted by molar-refractivity contribution is 6.31. The Bertz CT molecular complexity index is 1310. The number of allylic oxidation sites excluding steroid dienone is 1. The average molecular weight is 511 g/mol. The Kier molecular flexibility index (Phi) is 7.18. The van der Waals surface area contributed by atoms with Gasteiger partial charge in [0.05, 0.1) is 30.4 Å². The first-order valence-corrected chi connectivity index (χ1v) is 12.3. The Balaban J connectivity index is 1.43. The van der Waals surface area contributed by atoms with Crippen molar-refractivity contribution in [2.45, 2.75) is 6.42 Å². The van der Waals surface area contributed by atoms with E-state index in [9.17, 15) is 9.18 Å². The second kappa shape index (κ2) is 10.5. The number of hydrogen-bond acceptors (Lipinski definition) is 7. The van der Waals surface area contributed by atoms with E-state index in [4.69, 9.17) is 21.1 Å². The Morgan fingerprint density at radius 1 is 1.25 bits per heavy atom. The van der Waals surface area contributed by atoms with Crippen LogP contribution in [0.4, 0.5) is 15.9 Å². The van der Waals surface area contributed by atoms with Gasteiger partial charge < -0.3 is 19.7 Å². The first kappa shape index (κ1) is 24.6. The van der Waals surface area contributed by atoms with E-state index < -0.39 is 5.82 Å². The number of nitrogens with zero attached hydrogens (tertiary/aromatic N) is 3. The number of anilines is 2. The van der Waals surface area contributed by atoms with E-state index in [0.29, 0.717) is 53.7 Å². The normalized spacial score (nSPS) is 20.8. The van der Waals surface area contributed by atoms with Crippen LogP contribution in [0.15, 0.2) is 48.8 Å². The van der Waals surface area contributed by atoms with Crippen molar-refractivity contribution >= 4 is 39.8 Å². The monoisotopic (exact) mass is 510 g/mol. The van der Waals surface area contributed by atoms with Gasteiger partial charge in [0.2, 0.25) is 0 Å². The zero-order valence-electron chi connectivity index (χ0n) is 20.2. The zero-order chi connectivity index (χ0) is 25.2. The summed E-state index contributed by atoms with van der Waals surface area (Å²) in [6.45, 7) is 2.87. The smallest absolute Gasteiger partial charge is 0.159 e. The average Bonchev–Trinajstić information content (AvgIpc) is 3.26. The number of aromatic nitrogens is 2. The molecule has 1 aliphatic heterocycles. The number of fused-ring (bicyclic) bond motifs is 2. The molecule has 2 heterocycles. The van der Waals surface area contributed by atoms with Crippen LogP contribution >= 0.6 is 11.6 Å². The molecule has 0 radical (unpaired) electrons. The summed E-state index contributed by atoms with van der Waals surface area (Å²) in [5, 5.41) is 3.93. The maximum Gasteiger partial charge on any atom is 0.159 e. The summed E-state index contributed by atoms with van der Waals surface area (Å²) in [5.41, 5.74) is 2.03. The maximum absolute atomic E-state index is 13.6. The lowest BCUT2D eigenvalue weighted by atomic mass is 10.0. The fourth-order valence-corrected chi connectivity index (χ4v) is 4.83. The summed E-state index contributed by atoms with van der Waals surface area (Å²) < 4.78 is 25.3. The Morgan fingerprint density at radius 2 is 2.06 bits per heavy atom. The molecule has 7 nitrogen and oxygen atoms in total. The number of hydrogen-bond donors (Lipinski definition) is 1. The van der Waals surface area contributed by atoms with Crippen LogP contribution in [-0.2, 0) is 16.0 Å². The minimum atomic E-state index is -0.494. The van der Waals surface area contributed by atoms with Crippen LogP contribution in [0.25, 0.3) is 10.9 Å². The quantitative estimate of drug-likeness (QED) is 0.397. The predicted octanol–water partition coefficient (Wildman–Crippen LogP) is 4.67. The minimum absolute atomic E-state index is 0.0140. The van der Waals surface area contributed by atoms with Crippen LogP contribution < -0.4 is 10.1 Å². The van der Waals surface area contributed by atoms with Crippen molar-refractivity contribution in [2.24, 2.45) is 17.8 Å². The van der Waals surface area contributed by atoms with E-state index in [1.165, 1.54) is 18.5 Å². The van der Waals surface area contributed by atoms with Crippen LogP contribution in [0.1, 0.15) is 5.56 Å². The molecule has 0 spiro atoms. The highest BCUT2D eigenvalue weighted by atomic mass is 35.5. The SMILES string of the molecule is CN(C)C/C=C/C(=O)Cc1cc2c(Nc3ccc(F)c(Cl)c3)ncnc2cc1OCC1C2COCC21. The predicted molar refractivity (Wildman–Crippen MR) is 137 cm³/mol. The molecule has 188 valence electrons. The van der Waals surface area contributed by atoms with Gasteiger partial charge in [-0.25, -0.2) is 14.4 Å². The van der Waals surface area contributed by atoms with E-state index in [-0.39, 0.29) is 17.2 Å². The summed E-state index contributed by atoms with van der Waals surface area (Å²) in [6, 6.07) is 8.14. The van der Waals surface area contributed by atoms with Gasteiger partial charge in [0.15, 0.2) is 5.78 Å². The lowest BCUT2D eigenvalue weighted by Crippen LogP contribution is -2.12. The van der Waals surface area contributed by atoms with Crippen LogP contribution in [-0.4, -0.2) is 61.1 Å². The van der Waals surface area contributed by atoms with Gasteiger partial charge in [-0.05, 0) is 56.3 Å². The summed E-state index contributed by atoms with van der Waals surface area (Å²) in [6.07, 6.45) is 5.10. The van der Waals surface area contributed by atoms with E-state index in [0.717, 1.165) is 24.2 Å². The molecule has 2 aromatic carbocycles. The number of carbonyl (C=O) groups is 1. The topological polar surface area (TPSA) is 76.6 Å². The molecule has 2 atom stereocenters. The standard InChI is InChI=1S/C27H28ClFN4O3/c1-33(2)7-3-4-18(34)8-16-9-19-25(11-26(16)36-14-22-20-12-35-13-21(20)22)30-15-31-27(19)32-17-5-6-24(29)23(28)10-17/h3-6,9-11,15,20-22H,7-8,12-14H2,1-2H3,(H,30,31,32)/b4-3+. The van der Waals surface area contributed by atoms with Gasteiger partial charge >= 0.3 is 0 Å². The molecule has 0 bridgehead atoms. The van der Waals surface area contributed by atoms with Gasteiger partial charge in [-0.2, -0.15) is 0 Å². The number of ketones is 1. The van der Waals surface area contributed by atoms with Crippen LogP contribution in [0.5, 0.6) is 5.75 Å². The first-order chi connectivity index (χ1) is 17.4. The molecular weight excluding hydrogens is 483 g/mol. The number of carbonyl (C=O) groups excluding carboxylic acids is 1. The third kappa shape index (κ3) is 5.51. The van der Waals surface area contributed by atoms with Crippen molar-refractivity contribution in [3.63, 3.8) is 0 Å². The van der Waals surface area contributed by atoms with Crippen LogP contribution in [0, 0.1) is 23.6 Å². The maximum atomic E-state index is 13.6. The Hall–Kier alpha value is -3.07. The van der Waals surface area contributed by atoms with Gasteiger partial charge in [0, 0.05) is 41.6 Å². The molecule has 1 aliphatic carbocycles. The van der Waals surface area contributed by atoms with Crippen molar-refractivity contribution in [3.05, 3.63) is 65.2 Å². The first-order valence-electron chi connectivity index (χ1n) is 11.9. The van der Waals surface area contributed by atoms with Crippen molar-refractivity contribution < 1.29 is 18.7 Å². The van der Waals surface area contributed by atoms with Crippen LogP contribution in [0.2, 0.25) is 5.02 Å². The highest BCUT2D eigenvalue weighted by Crippen LogP contribution is 2.50. The second-order valence-corrected chi connectivity index (χ2v) is 10.0. The van der Waals surface area contributed by atoms with Crippen molar-refractivity contribution in [1.82, 2.24) is 14.9 Å². The summed E-state index contributed by atoms with van der Waals surface area (Å²) in [5.74, 6) is 2.30. The zero-order valence-corrected chi connectivity index (χ0v) is 21.0. The van der Waals surface area contributed by atoms with E-state index in [2.05, 4.69) is 15.3 Å². The van der Waals surface area contributed by atoms with Gasteiger partial charge in [0.1, 0.15) is 23.7 Å². The molecule has 5 rings (SSSR count). The van der Waals surface area contributed by atoms with Gasteiger partial charge in [-0.3, -0.25) is 4.79 Å². The molecule has 2 fully saturated rings. The highest BCUT2D eigenvalue weighted by Gasteiger charge is 2.54. The van der Waals surface area contributed by atoms with Gasteiger partial charge in [-0.15, -0.1) is 0 Å². The van der Waals surface area contributed by atoms with E-state index in [1.807, 2.05) is 37.2 Å². The number of rotatable bonds is 10. The molecule has 2 unspecified atom stereocenters. The molecule has 1 saturated carbocycles. The minimum Gasteiger partial charge on any atom is -0.493 e.